The molecule has 0 saturated carbocycles. The molecule has 0 aliphatic carbocycles. The summed E-state index contributed by atoms with van der Waals surface area (Å²) in [7, 11) is 5.96. The van der Waals surface area contributed by atoms with Crippen molar-refractivity contribution in [1.82, 2.24) is 0 Å². The Hall–Kier alpha value is -5.09. The Kier molecular flexibility index (Phi) is 61.0. The van der Waals surface area contributed by atoms with Crippen molar-refractivity contribution in [3.8, 4) is 0 Å². The topological polar surface area (TPSA) is 108 Å². The van der Waals surface area contributed by atoms with Gasteiger partial charge in [0.2, 0.25) is 0 Å². The second-order valence-corrected chi connectivity index (χ2v) is 23.0. The Labute approximate surface area is 521 Å². The number of aliphatic carboxylic acids is 1. The number of esters is 2. The zero-order valence-corrected chi connectivity index (χ0v) is 54.7. The van der Waals surface area contributed by atoms with Gasteiger partial charge in [0.25, 0.3) is 6.29 Å². The van der Waals surface area contributed by atoms with E-state index in [1.165, 1.54) is 77.0 Å². The zero-order chi connectivity index (χ0) is 61.9. The third-order valence-corrected chi connectivity index (χ3v) is 13.8. The van der Waals surface area contributed by atoms with E-state index in [0.29, 0.717) is 23.9 Å². The lowest BCUT2D eigenvalue weighted by atomic mass is 10.0. The zero-order valence-electron chi connectivity index (χ0n) is 54.7. The monoisotopic (exact) mass is 1180 g/mol. The number of unbranched alkanes of at least 4 members (excludes halogenated alkanes) is 19. The normalized spacial score (nSPS) is 13.8. The molecule has 2 unspecified atom stereocenters. The van der Waals surface area contributed by atoms with Gasteiger partial charge in [-0.25, -0.2) is 4.79 Å². The van der Waals surface area contributed by atoms with Gasteiger partial charge in [-0.3, -0.25) is 9.59 Å². The molecule has 0 rings (SSSR count). The largest absolute Gasteiger partial charge is 0.477 e. The Morgan fingerprint density at radius 3 is 0.941 bits per heavy atom. The lowest BCUT2D eigenvalue weighted by Gasteiger charge is -2.25. The number of hydrogen-bond donors (Lipinski definition) is 1. The maximum Gasteiger partial charge on any atom is 0.361 e. The van der Waals surface area contributed by atoms with Crippen molar-refractivity contribution in [3.05, 3.63) is 158 Å². The molecule has 0 aromatic carbocycles. The van der Waals surface area contributed by atoms with Gasteiger partial charge in [-0.15, -0.1) is 0 Å². The number of carboxylic acids is 1. The molecule has 1 N–H and O–H groups in total. The molecule has 9 heteroatoms. The molecule has 0 fully saturated rings. The van der Waals surface area contributed by atoms with E-state index >= 15 is 0 Å². The standard InChI is InChI=1S/C76H123NO8/c1-6-8-10-12-14-16-18-20-22-24-26-28-30-31-32-33-34-35-36-37-38-39-40-41-42-43-45-47-49-51-53-55-57-59-61-63-65-67-74(79)85-72(71-84-76(75(80)81)82-69-68-77(3,4)5)70-83-73(78)66-64-62-60-58-56-54-52-50-48-46-44-29-27-25-23-21-19-17-15-13-11-9-7-2/h8-11,14-17,20-23,26-29,31-32,34-35,37-38,46,48,52,54,72,76H,6-7,12-13,18-19,24-25,30,33,36,39-45,47,49-51,53,55-71H2,1-5H3/p+1/b10-8-,11-9-,16-14-,17-15-,22-20-,23-21-,28-26-,29-27-,32-31-,35-34-,38-37-,48-46-,54-52-. The van der Waals surface area contributed by atoms with Crippen LogP contribution in [0.2, 0.25) is 0 Å². The van der Waals surface area contributed by atoms with Gasteiger partial charge in [0.1, 0.15) is 13.2 Å². The second kappa shape index (κ2) is 64.9. The SMILES string of the molecule is CC/C=C\C/C=C\C/C=C\C/C=C\C/C=C\C/C=C\C/C=C\CCCCCCCCCCCCCCCCCC(=O)OC(COC(=O)CCCCCC/C=C\C/C=C\C/C=C\C/C=C\C/C=C\C/C=C\CC)COC(OCC[N+](C)(C)C)C(=O)O. The molecule has 0 aromatic rings. The molecule has 0 spiro atoms. The minimum atomic E-state index is -1.53. The minimum absolute atomic E-state index is 0.176. The van der Waals surface area contributed by atoms with Gasteiger partial charge in [-0.1, -0.05) is 268 Å². The van der Waals surface area contributed by atoms with E-state index in [9.17, 15) is 19.5 Å². The Morgan fingerprint density at radius 1 is 0.353 bits per heavy atom. The molecule has 0 amide bonds. The quantitative estimate of drug-likeness (QED) is 0.0211. The summed E-state index contributed by atoms with van der Waals surface area (Å²) in [6, 6.07) is 0. The molecule has 85 heavy (non-hydrogen) atoms. The van der Waals surface area contributed by atoms with Gasteiger partial charge < -0.3 is 28.5 Å². The van der Waals surface area contributed by atoms with Crippen molar-refractivity contribution in [1.29, 1.82) is 0 Å². The first-order valence-corrected chi connectivity index (χ1v) is 33.6. The van der Waals surface area contributed by atoms with E-state index in [-0.39, 0.29) is 38.6 Å². The number of likely N-dealkylation sites (N-methyl/N-ethyl adjacent to an activating group) is 1. The molecule has 0 heterocycles. The van der Waals surface area contributed by atoms with Gasteiger partial charge in [-0.2, -0.15) is 0 Å². The van der Waals surface area contributed by atoms with Crippen molar-refractivity contribution in [2.45, 2.75) is 257 Å². The predicted octanol–water partition coefficient (Wildman–Crippen LogP) is 20.9. The molecule has 480 valence electrons. The Morgan fingerprint density at radius 2 is 0.635 bits per heavy atom. The minimum Gasteiger partial charge on any atom is -0.477 e. The molecule has 0 aromatic heterocycles. The van der Waals surface area contributed by atoms with E-state index in [4.69, 9.17) is 18.9 Å². The first-order valence-electron chi connectivity index (χ1n) is 33.6. The van der Waals surface area contributed by atoms with E-state index < -0.39 is 24.3 Å². The van der Waals surface area contributed by atoms with Gasteiger partial charge in [0.05, 0.1) is 34.4 Å². The van der Waals surface area contributed by atoms with E-state index in [1.54, 1.807) is 0 Å². The van der Waals surface area contributed by atoms with E-state index in [1.807, 2.05) is 21.1 Å². The molecule has 2 atom stereocenters. The van der Waals surface area contributed by atoms with Crippen molar-refractivity contribution < 1.29 is 42.9 Å². The lowest BCUT2D eigenvalue weighted by molar-refractivity contribution is -0.870. The number of nitrogens with zero attached hydrogens (tertiary/aromatic N) is 1. The van der Waals surface area contributed by atoms with Crippen molar-refractivity contribution in [3.63, 3.8) is 0 Å². The molecule has 0 radical (unpaired) electrons. The van der Waals surface area contributed by atoms with Gasteiger partial charge >= 0.3 is 17.9 Å². The number of hydrogen-bond acceptors (Lipinski definition) is 7. The first kappa shape index (κ1) is 79.9. The fraction of sp³-hybridized carbons (Fsp3) is 0.618. The highest BCUT2D eigenvalue weighted by Gasteiger charge is 2.25. The average Bonchev–Trinajstić information content (AvgIpc) is 3.48. The van der Waals surface area contributed by atoms with Crippen LogP contribution in [0.4, 0.5) is 0 Å². The maximum absolute atomic E-state index is 12.9. The predicted molar refractivity (Wildman–Crippen MR) is 363 cm³/mol. The summed E-state index contributed by atoms with van der Waals surface area (Å²) in [5, 5.41) is 9.74. The molecule has 0 saturated heterocycles. The summed E-state index contributed by atoms with van der Waals surface area (Å²) in [4.78, 5) is 37.6. The van der Waals surface area contributed by atoms with Crippen LogP contribution in [0.5, 0.6) is 0 Å². The number of carbonyl (C=O) groups excluding carboxylic acids is 2. The number of carboxylic acid groups (broad SMARTS) is 1. The van der Waals surface area contributed by atoms with Crippen molar-refractivity contribution in [2.24, 2.45) is 0 Å². The van der Waals surface area contributed by atoms with Crippen LogP contribution in [0.1, 0.15) is 245 Å². The number of allylic oxidation sites excluding steroid dienone is 26. The highest BCUT2D eigenvalue weighted by atomic mass is 16.7. The fourth-order valence-corrected chi connectivity index (χ4v) is 8.70. The van der Waals surface area contributed by atoms with Gasteiger partial charge in [0, 0.05) is 12.8 Å². The van der Waals surface area contributed by atoms with Crippen LogP contribution in [-0.4, -0.2) is 87.4 Å². The summed E-state index contributed by atoms with van der Waals surface area (Å²) >= 11 is 0. The molecule has 0 aliphatic heterocycles. The summed E-state index contributed by atoms with van der Waals surface area (Å²) in [5.41, 5.74) is 0. The molecular weight excluding hydrogens is 1050 g/mol. The van der Waals surface area contributed by atoms with Gasteiger partial charge in [0.15, 0.2) is 6.10 Å². The highest BCUT2D eigenvalue weighted by Crippen LogP contribution is 2.16. The Balaban J connectivity index is 4.18. The number of ether oxygens (including phenoxy) is 4. The average molecular weight is 1180 g/mol. The van der Waals surface area contributed by atoms with Crippen LogP contribution in [-0.2, 0) is 33.3 Å². The van der Waals surface area contributed by atoms with Crippen LogP contribution in [0.15, 0.2) is 158 Å². The van der Waals surface area contributed by atoms with Crippen LogP contribution in [0, 0.1) is 0 Å². The van der Waals surface area contributed by atoms with E-state index in [2.05, 4.69) is 172 Å². The van der Waals surface area contributed by atoms with Gasteiger partial charge in [-0.05, 0) is 122 Å². The molecule has 0 aliphatic rings. The van der Waals surface area contributed by atoms with Crippen LogP contribution in [0.25, 0.3) is 0 Å². The van der Waals surface area contributed by atoms with Crippen LogP contribution >= 0.6 is 0 Å². The number of rotatable bonds is 60. The van der Waals surface area contributed by atoms with Crippen molar-refractivity contribution >= 4 is 17.9 Å². The fourth-order valence-electron chi connectivity index (χ4n) is 8.70. The number of carbonyl (C=O) groups is 3. The summed E-state index contributed by atoms with van der Waals surface area (Å²) in [5.74, 6) is -2.05. The van der Waals surface area contributed by atoms with Crippen molar-refractivity contribution in [2.75, 3.05) is 47.5 Å². The second-order valence-electron chi connectivity index (χ2n) is 23.0. The lowest BCUT2D eigenvalue weighted by Crippen LogP contribution is -2.40. The first-order chi connectivity index (χ1) is 41.6. The molecular formula is C76H124NO8+. The van der Waals surface area contributed by atoms with E-state index in [0.717, 1.165) is 128 Å². The molecule has 9 nitrogen and oxygen atoms in total. The third-order valence-electron chi connectivity index (χ3n) is 13.8. The Bertz CT molecular complexity index is 1950. The van der Waals surface area contributed by atoms with Crippen LogP contribution < -0.4 is 0 Å². The molecule has 0 bridgehead atoms. The summed E-state index contributed by atoms with van der Waals surface area (Å²) < 4.78 is 22.9. The summed E-state index contributed by atoms with van der Waals surface area (Å²) in [6.45, 7) is 4.61. The van der Waals surface area contributed by atoms with Crippen LogP contribution in [0.3, 0.4) is 0 Å². The third kappa shape index (κ3) is 66.3. The summed E-state index contributed by atoms with van der Waals surface area (Å²) in [6.07, 6.45) is 93.4. The maximum atomic E-state index is 12.9. The highest BCUT2D eigenvalue weighted by molar-refractivity contribution is 5.71. The smallest absolute Gasteiger partial charge is 0.361 e. The number of quaternary nitrogens is 1.